The molecular weight excluding hydrogens is 354 g/mol. The van der Waals surface area contributed by atoms with Crippen LogP contribution in [0.2, 0.25) is 5.02 Å². The Hall–Kier alpha value is -0.720. The normalized spacial score (nSPS) is 22.9. The standard InChI is InChI=1S/C16H20ClNO3S2/c17-12-1-5-15(6-2-12)22-9-7-16(19)18(13-3-4-13)14-8-10-23(20,21)11-14/h1-2,5-6,13-14H,3-4,7-11H2. The van der Waals surface area contributed by atoms with E-state index >= 15 is 0 Å². The zero-order valence-corrected chi connectivity index (χ0v) is 15.2. The van der Waals surface area contributed by atoms with Crippen molar-refractivity contribution in [2.24, 2.45) is 0 Å². The van der Waals surface area contributed by atoms with E-state index in [2.05, 4.69) is 0 Å². The molecule has 0 radical (unpaired) electrons. The summed E-state index contributed by atoms with van der Waals surface area (Å²) < 4.78 is 23.4. The van der Waals surface area contributed by atoms with E-state index in [1.165, 1.54) is 0 Å². The fourth-order valence-corrected chi connectivity index (χ4v) is 5.65. The summed E-state index contributed by atoms with van der Waals surface area (Å²) in [7, 11) is -2.96. The first kappa shape index (κ1) is 17.1. The molecule has 126 valence electrons. The number of halogens is 1. The van der Waals surface area contributed by atoms with Gasteiger partial charge in [0.2, 0.25) is 5.91 Å². The maximum atomic E-state index is 12.6. The van der Waals surface area contributed by atoms with Crippen molar-refractivity contribution in [3.05, 3.63) is 29.3 Å². The van der Waals surface area contributed by atoms with Crippen molar-refractivity contribution >= 4 is 39.1 Å². The molecule has 1 atom stereocenters. The fourth-order valence-electron chi connectivity index (χ4n) is 2.97. The smallest absolute Gasteiger partial charge is 0.223 e. The average Bonchev–Trinajstić information content (AvgIpc) is 3.25. The van der Waals surface area contributed by atoms with Gasteiger partial charge < -0.3 is 4.90 Å². The molecule has 1 aromatic rings. The number of hydrogen-bond donors (Lipinski definition) is 0. The first-order valence-corrected chi connectivity index (χ1v) is 11.0. The first-order valence-electron chi connectivity index (χ1n) is 7.84. The fraction of sp³-hybridized carbons (Fsp3) is 0.562. The average molecular weight is 374 g/mol. The van der Waals surface area contributed by atoms with Crippen LogP contribution in [0, 0.1) is 0 Å². The van der Waals surface area contributed by atoms with E-state index in [0.717, 1.165) is 17.7 Å². The Kier molecular flexibility index (Phi) is 5.23. The lowest BCUT2D eigenvalue weighted by molar-refractivity contribution is -0.133. The number of carbonyl (C=O) groups is 1. The maximum Gasteiger partial charge on any atom is 0.223 e. The molecule has 0 spiro atoms. The summed E-state index contributed by atoms with van der Waals surface area (Å²) in [5.41, 5.74) is 0. The summed E-state index contributed by atoms with van der Waals surface area (Å²) in [6.07, 6.45) is 3.05. The van der Waals surface area contributed by atoms with E-state index in [9.17, 15) is 13.2 Å². The first-order chi connectivity index (χ1) is 10.9. The third kappa shape index (κ3) is 4.64. The van der Waals surface area contributed by atoms with Crippen molar-refractivity contribution < 1.29 is 13.2 Å². The highest BCUT2D eigenvalue weighted by Crippen LogP contribution is 2.33. The molecule has 0 N–H and O–H groups in total. The molecule has 2 fully saturated rings. The zero-order chi connectivity index (χ0) is 16.4. The second kappa shape index (κ2) is 7.03. The topological polar surface area (TPSA) is 54.5 Å². The predicted molar refractivity (Wildman–Crippen MR) is 93.7 cm³/mol. The lowest BCUT2D eigenvalue weighted by atomic mass is 10.2. The van der Waals surface area contributed by atoms with Crippen LogP contribution in [0.15, 0.2) is 29.2 Å². The second-order valence-electron chi connectivity index (χ2n) is 6.14. The van der Waals surface area contributed by atoms with E-state index in [-0.39, 0.29) is 29.5 Å². The Bertz CT molecular complexity index is 671. The van der Waals surface area contributed by atoms with Crippen molar-refractivity contribution in [2.75, 3.05) is 17.3 Å². The number of rotatable bonds is 6. The van der Waals surface area contributed by atoms with Crippen molar-refractivity contribution in [3.63, 3.8) is 0 Å². The van der Waals surface area contributed by atoms with E-state index < -0.39 is 9.84 Å². The monoisotopic (exact) mass is 373 g/mol. The highest BCUT2D eigenvalue weighted by Gasteiger charge is 2.41. The minimum atomic E-state index is -2.96. The van der Waals surface area contributed by atoms with E-state index in [4.69, 9.17) is 11.6 Å². The largest absolute Gasteiger partial charge is 0.336 e. The van der Waals surface area contributed by atoms with Gasteiger partial charge in [-0.05, 0) is 43.5 Å². The summed E-state index contributed by atoms with van der Waals surface area (Å²) >= 11 is 7.48. The van der Waals surface area contributed by atoms with Crippen LogP contribution in [0.4, 0.5) is 0 Å². The Morgan fingerprint density at radius 1 is 1.17 bits per heavy atom. The van der Waals surface area contributed by atoms with Gasteiger partial charge in [0.25, 0.3) is 0 Å². The van der Waals surface area contributed by atoms with E-state index in [1.54, 1.807) is 11.8 Å². The van der Waals surface area contributed by atoms with Gasteiger partial charge >= 0.3 is 0 Å². The number of carbonyl (C=O) groups excluding carboxylic acids is 1. The molecule has 1 saturated carbocycles. The summed E-state index contributed by atoms with van der Waals surface area (Å²) in [5.74, 6) is 1.15. The van der Waals surface area contributed by atoms with Crippen LogP contribution >= 0.6 is 23.4 Å². The minimum absolute atomic E-state index is 0.0936. The van der Waals surface area contributed by atoms with Crippen LogP contribution in [0.5, 0.6) is 0 Å². The highest BCUT2D eigenvalue weighted by molar-refractivity contribution is 7.99. The molecule has 1 aliphatic carbocycles. The molecule has 1 aromatic carbocycles. The Morgan fingerprint density at radius 3 is 2.43 bits per heavy atom. The van der Waals surface area contributed by atoms with Crippen LogP contribution in [0.1, 0.15) is 25.7 Å². The van der Waals surface area contributed by atoms with Gasteiger partial charge in [-0.15, -0.1) is 11.8 Å². The number of benzene rings is 1. The predicted octanol–water partition coefficient (Wildman–Crippen LogP) is 3.00. The molecule has 0 aromatic heterocycles. The SMILES string of the molecule is O=C(CCSc1ccc(Cl)cc1)N(C1CC1)C1CCS(=O)(=O)C1. The van der Waals surface area contributed by atoms with Crippen LogP contribution < -0.4 is 0 Å². The molecule has 1 amide bonds. The Morgan fingerprint density at radius 2 is 1.87 bits per heavy atom. The van der Waals surface area contributed by atoms with E-state index in [1.807, 2.05) is 29.2 Å². The van der Waals surface area contributed by atoms with Gasteiger partial charge in [-0.25, -0.2) is 8.42 Å². The number of hydrogen-bond acceptors (Lipinski definition) is 4. The summed E-state index contributed by atoms with van der Waals surface area (Å²) in [6, 6.07) is 7.72. The van der Waals surface area contributed by atoms with Crippen LogP contribution in [-0.4, -0.2) is 48.6 Å². The third-order valence-corrected chi connectivity index (χ3v) is 7.24. The third-order valence-electron chi connectivity index (χ3n) is 4.23. The van der Waals surface area contributed by atoms with Crippen molar-refractivity contribution in [3.8, 4) is 0 Å². The van der Waals surface area contributed by atoms with Gasteiger partial charge in [-0.1, -0.05) is 11.6 Å². The molecule has 1 aliphatic heterocycles. The molecule has 0 bridgehead atoms. The number of amides is 1. The van der Waals surface area contributed by atoms with Crippen molar-refractivity contribution in [1.82, 2.24) is 4.90 Å². The Labute approximate surface area is 146 Å². The maximum absolute atomic E-state index is 12.6. The van der Waals surface area contributed by atoms with Gasteiger partial charge in [-0.3, -0.25) is 4.79 Å². The van der Waals surface area contributed by atoms with Crippen LogP contribution in [0.25, 0.3) is 0 Å². The summed E-state index contributed by atoms with van der Waals surface area (Å²) in [4.78, 5) is 15.5. The van der Waals surface area contributed by atoms with Gasteiger partial charge in [-0.2, -0.15) is 0 Å². The highest BCUT2D eigenvalue weighted by atomic mass is 35.5. The molecule has 1 heterocycles. The van der Waals surface area contributed by atoms with Gasteiger partial charge in [0.15, 0.2) is 9.84 Å². The van der Waals surface area contributed by atoms with Gasteiger partial charge in [0.05, 0.1) is 11.5 Å². The molecule has 23 heavy (non-hydrogen) atoms. The summed E-state index contributed by atoms with van der Waals surface area (Å²) in [6.45, 7) is 0. The Balaban J connectivity index is 1.54. The lowest BCUT2D eigenvalue weighted by Gasteiger charge is -2.28. The molecule has 4 nitrogen and oxygen atoms in total. The summed E-state index contributed by atoms with van der Waals surface area (Å²) in [5, 5.41) is 0.702. The quantitative estimate of drug-likeness (QED) is 0.719. The van der Waals surface area contributed by atoms with Crippen LogP contribution in [0.3, 0.4) is 0 Å². The van der Waals surface area contributed by atoms with E-state index in [0.29, 0.717) is 23.6 Å². The molecule has 1 unspecified atom stereocenters. The van der Waals surface area contributed by atoms with Gasteiger partial charge in [0, 0.05) is 34.2 Å². The number of thioether (sulfide) groups is 1. The van der Waals surface area contributed by atoms with Crippen molar-refractivity contribution in [2.45, 2.75) is 42.7 Å². The second-order valence-corrected chi connectivity index (χ2v) is 9.97. The van der Waals surface area contributed by atoms with Gasteiger partial charge in [0.1, 0.15) is 0 Å². The lowest BCUT2D eigenvalue weighted by Crippen LogP contribution is -2.42. The minimum Gasteiger partial charge on any atom is -0.336 e. The molecule has 1 saturated heterocycles. The molecule has 7 heteroatoms. The molecule has 3 rings (SSSR count). The number of nitrogens with zero attached hydrogens (tertiary/aromatic N) is 1. The molecular formula is C16H20ClNO3S2. The number of sulfone groups is 1. The van der Waals surface area contributed by atoms with Crippen molar-refractivity contribution in [1.29, 1.82) is 0 Å². The zero-order valence-electron chi connectivity index (χ0n) is 12.8. The molecule has 2 aliphatic rings. The van der Waals surface area contributed by atoms with Crippen LogP contribution in [-0.2, 0) is 14.6 Å².